The first-order chi connectivity index (χ1) is 13.8. The van der Waals surface area contributed by atoms with Crippen molar-refractivity contribution in [2.75, 3.05) is 0 Å². The van der Waals surface area contributed by atoms with Gasteiger partial charge in [0.1, 0.15) is 17.0 Å². The number of nitrogens with zero attached hydrogens (tertiary/aromatic N) is 3. The fourth-order valence-electron chi connectivity index (χ4n) is 2.87. The molecule has 2 aromatic carbocycles. The summed E-state index contributed by atoms with van der Waals surface area (Å²) in [5.41, 5.74) is 0.865. The molecule has 0 amide bonds. The average molecular weight is 418 g/mol. The number of hydrogen-bond acceptors (Lipinski definition) is 4. The molecule has 0 bridgehead atoms. The average Bonchev–Trinajstić information content (AvgIpc) is 2.68. The summed E-state index contributed by atoms with van der Waals surface area (Å²) in [6.07, 6.45) is -3.34. The molecule has 0 aliphatic heterocycles. The van der Waals surface area contributed by atoms with Crippen LogP contribution in [0.1, 0.15) is 0 Å². The highest BCUT2D eigenvalue weighted by atomic mass is 35.5. The number of fused-ring (bicyclic) bond motifs is 1. The van der Waals surface area contributed by atoms with Crippen LogP contribution < -0.4 is 10.3 Å². The van der Waals surface area contributed by atoms with Gasteiger partial charge < -0.3 is 4.74 Å². The highest BCUT2D eigenvalue weighted by molar-refractivity contribution is 6.30. The molecule has 0 atom stereocenters. The van der Waals surface area contributed by atoms with E-state index in [9.17, 15) is 18.0 Å². The van der Waals surface area contributed by atoms with E-state index in [1.807, 2.05) is 0 Å². The van der Waals surface area contributed by atoms with Crippen molar-refractivity contribution in [1.82, 2.24) is 14.8 Å². The lowest BCUT2D eigenvalue weighted by atomic mass is 10.1. The Labute approximate surface area is 167 Å². The Hall–Kier alpha value is -3.39. The van der Waals surface area contributed by atoms with Crippen molar-refractivity contribution >= 4 is 22.5 Å². The Kier molecular flexibility index (Phi) is 4.71. The van der Waals surface area contributed by atoms with E-state index in [4.69, 9.17) is 11.6 Å². The second-order valence-corrected chi connectivity index (χ2v) is 6.45. The van der Waals surface area contributed by atoms with Crippen molar-refractivity contribution in [3.05, 3.63) is 82.2 Å². The highest BCUT2D eigenvalue weighted by Gasteiger charge is 2.31. The zero-order chi connectivity index (χ0) is 20.6. The highest BCUT2D eigenvalue weighted by Crippen LogP contribution is 2.29. The van der Waals surface area contributed by atoms with E-state index >= 15 is 0 Å². The van der Waals surface area contributed by atoms with E-state index in [1.54, 1.807) is 42.5 Å². The second-order valence-electron chi connectivity index (χ2n) is 6.02. The van der Waals surface area contributed by atoms with Crippen LogP contribution in [-0.2, 0) is 0 Å². The fraction of sp³-hybridized carbons (Fsp3) is 0.0500. The molecule has 0 aliphatic carbocycles. The van der Waals surface area contributed by atoms with Gasteiger partial charge in [-0.05, 0) is 48.5 Å². The van der Waals surface area contributed by atoms with E-state index in [1.165, 1.54) is 24.4 Å². The molecule has 0 saturated heterocycles. The van der Waals surface area contributed by atoms with E-state index in [0.717, 1.165) is 4.68 Å². The summed E-state index contributed by atoms with van der Waals surface area (Å²) >= 11 is 5.91. The SMILES string of the molecule is O=c1c2cccnc2c(-c2cccc(OC(F)(F)F)c2)nn1-c1ccc(Cl)cc1. The molecule has 0 spiro atoms. The molecule has 0 saturated carbocycles. The maximum atomic E-state index is 12.9. The van der Waals surface area contributed by atoms with Gasteiger partial charge >= 0.3 is 6.36 Å². The van der Waals surface area contributed by atoms with Crippen molar-refractivity contribution in [2.45, 2.75) is 6.36 Å². The van der Waals surface area contributed by atoms with E-state index < -0.39 is 17.7 Å². The van der Waals surface area contributed by atoms with Gasteiger partial charge in [-0.1, -0.05) is 23.7 Å². The molecule has 0 aliphatic rings. The molecule has 5 nitrogen and oxygen atoms in total. The predicted molar refractivity (Wildman–Crippen MR) is 102 cm³/mol. The molecule has 2 heterocycles. The van der Waals surface area contributed by atoms with Crippen LogP contribution in [0.2, 0.25) is 5.02 Å². The zero-order valence-electron chi connectivity index (χ0n) is 14.5. The number of pyridine rings is 1. The molecule has 2 aromatic heterocycles. The van der Waals surface area contributed by atoms with Crippen LogP contribution in [0.4, 0.5) is 13.2 Å². The van der Waals surface area contributed by atoms with Gasteiger partial charge in [0.05, 0.1) is 11.1 Å². The van der Waals surface area contributed by atoms with Gasteiger partial charge in [-0.2, -0.15) is 9.78 Å². The van der Waals surface area contributed by atoms with E-state index in [0.29, 0.717) is 16.3 Å². The number of alkyl halides is 3. The molecule has 4 rings (SSSR count). The number of halogens is 4. The minimum absolute atomic E-state index is 0.239. The smallest absolute Gasteiger partial charge is 0.406 e. The minimum atomic E-state index is -4.82. The number of benzene rings is 2. The maximum Gasteiger partial charge on any atom is 0.573 e. The number of hydrogen-bond donors (Lipinski definition) is 0. The van der Waals surface area contributed by atoms with Crippen LogP contribution in [0.25, 0.3) is 27.8 Å². The standard InChI is InChI=1S/C20H11ClF3N3O2/c21-13-6-8-14(9-7-13)27-19(28)16-5-2-10-25-18(16)17(26-27)12-3-1-4-15(11-12)29-20(22,23)24/h1-11H. The van der Waals surface area contributed by atoms with Crippen LogP contribution in [0, 0.1) is 0 Å². The van der Waals surface area contributed by atoms with Gasteiger partial charge in [-0.15, -0.1) is 13.2 Å². The summed E-state index contributed by atoms with van der Waals surface area (Å²) in [7, 11) is 0. The van der Waals surface area contributed by atoms with Crippen LogP contribution in [-0.4, -0.2) is 21.1 Å². The fourth-order valence-corrected chi connectivity index (χ4v) is 2.99. The summed E-state index contributed by atoms with van der Waals surface area (Å²) in [6, 6.07) is 15.0. The lowest BCUT2D eigenvalue weighted by molar-refractivity contribution is -0.274. The first kappa shape index (κ1) is 18.9. The molecule has 0 N–H and O–H groups in total. The van der Waals surface area contributed by atoms with Crippen molar-refractivity contribution < 1.29 is 17.9 Å². The molecule has 0 unspecified atom stereocenters. The van der Waals surface area contributed by atoms with Crippen molar-refractivity contribution in [1.29, 1.82) is 0 Å². The van der Waals surface area contributed by atoms with E-state index in [2.05, 4.69) is 14.8 Å². The Bertz CT molecular complexity index is 1250. The van der Waals surface area contributed by atoms with Crippen molar-refractivity contribution in [2.24, 2.45) is 0 Å². The Morgan fingerprint density at radius 3 is 2.48 bits per heavy atom. The van der Waals surface area contributed by atoms with Crippen molar-refractivity contribution in [3.63, 3.8) is 0 Å². The normalized spacial score (nSPS) is 11.6. The number of ether oxygens (including phenoxy) is 1. The zero-order valence-corrected chi connectivity index (χ0v) is 15.3. The lowest BCUT2D eigenvalue weighted by Crippen LogP contribution is -2.22. The largest absolute Gasteiger partial charge is 0.573 e. The Morgan fingerprint density at radius 2 is 1.76 bits per heavy atom. The summed E-state index contributed by atoms with van der Waals surface area (Å²) < 4.78 is 42.9. The summed E-state index contributed by atoms with van der Waals surface area (Å²) in [6.45, 7) is 0. The molecular formula is C20H11ClF3N3O2. The number of aromatic nitrogens is 3. The third-order valence-electron chi connectivity index (χ3n) is 4.07. The van der Waals surface area contributed by atoms with Gasteiger partial charge in [-0.3, -0.25) is 9.78 Å². The number of rotatable bonds is 3. The Balaban J connectivity index is 1.95. The monoisotopic (exact) mass is 417 g/mol. The molecular weight excluding hydrogens is 407 g/mol. The van der Waals surface area contributed by atoms with Gasteiger partial charge in [-0.25, -0.2) is 0 Å². The third-order valence-corrected chi connectivity index (χ3v) is 4.32. The molecule has 146 valence electrons. The molecule has 9 heteroatoms. The quantitative estimate of drug-likeness (QED) is 0.470. The van der Waals surface area contributed by atoms with Gasteiger partial charge in [0.2, 0.25) is 0 Å². The maximum absolute atomic E-state index is 12.9. The van der Waals surface area contributed by atoms with Crippen molar-refractivity contribution in [3.8, 4) is 22.7 Å². The van der Waals surface area contributed by atoms with Crippen LogP contribution in [0.5, 0.6) is 5.75 Å². The first-order valence-electron chi connectivity index (χ1n) is 8.32. The molecule has 4 aromatic rings. The van der Waals surface area contributed by atoms with Gasteiger partial charge in [0.25, 0.3) is 5.56 Å². The minimum Gasteiger partial charge on any atom is -0.406 e. The third kappa shape index (κ3) is 3.93. The second kappa shape index (κ2) is 7.21. The van der Waals surface area contributed by atoms with Crippen LogP contribution >= 0.6 is 11.6 Å². The molecule has 29 heavy (non-hydrogen) atoms. The van der Waals surface area contributed by atoms with Crippen LogP contribution in [0.3, 0.4) is 0 Å². The van der Waals surface area contributed by atoms with Gasteiger partial charge in [0.15, 0.2) is 0 Å². The van der Waals surface area contributed by atoms with Crippen LogP contribution in [0.15, 0.2) is 71.7 Å². The Morgan fingerprint density at radius 1 is 1.00 bits per heavy atom. The van der Waals surface area contributed by atoms with Gasteiger partial charge in [0, 0.05) is 16.8 Å². The topological polar surface area (TPSA) is 57.0 Å². The predicted octanol–water partition coefficient (Wildman–Crippen LogP) is 5.00. The lowest BCUT2D eigenvalue weighted by Gasteiger charge is -2.12. The van der Waals surface area contributed by atoms with E-state index in [-0.39, 0.29) is 16.6 Å². The summed E-state index contributed by atoms with van der Waals surface area (Å²) in [4.78, 5) is 17.1. The summed E-state index contributed by atoms with van der Waals surface area (Å²) in [5.74, 6) is -0.398. The molecule has 0 fully saturated rings. The summed E-state index contributed by atoms with van der Waals surface area (Å²) in [5, 5.41) is 5.13. The molecule has 0 radical (unpaired) electrons. The first-order valence-corrected chi connectivity index (χ1v) is 8.70.